The van der Waals surface area contributed by atoms with Crippen molar-refractivity contribution in [2.75, 3.05) is 5.32 Å². The molecular weight excluding hydrogens is 433 g/mol. The molecule has 3 heteroatoms. The average molecular weight is 457 g/mol. The van der Waals surface area contributed by atoms with Gasteiger partial charge in [0.05, 0.1) is 0 Å². The molecule has 0 aliphatic heterocycles. The van der Waals surface area contributed by atoms with Crippen LogP contribution in [-0.2, 0) is 5.41 Å². The summed E-state index contributed by atoms with van der Waals surface area (Å²) in [6, 6.07) is 16.4. The molecule has 4 bridgehead atoms. The smallest absolute Gasteiger partial charge is 0.255 e. The van der Waals surface area contributed by atoms with E-state index in [2.05, 4.69) is 52.2 Å². The number of hydrogen-bond donors (Lipinski definition) is 1. The van der Waals surface area contributed by atoms with Crippen LogP contribution in [0.5, 0.6) is 0 Å². The van der Waals surface area contributed by atoms with Crippen LogP contribution in [0.3, 0.4) is 0 Å². The third kappa shape index (κ3) is 2.98. The Balaban J connectivity index is 1.33. The second-order valence-corrected chi connectivity index (χ2v) is 9.98. The fraction of sp³-hybridized carbons (Fsp3) is 0.435. The quantitative estimate of drug-likeness (QED) is 0.562. The van der Waals surface area contributed by atoms with Gasteiger partial charge in [-0.15, -0.1) is 0 Å². The second-order valence-electron chi connectivity index (χ2n) is 8.74. The van der Waals surface area contributed by atoms with Crippen molar-refractivity contribution in [2.24, 2.45) is 17.8 Å². The molecule has 4 aliphatic carbocycles. The Bertz CT molecular complexity index is 789. The van der Waals surface area contributed by atoms with E-state index in [4.69, 9.17) is 0 Å². The molecule has 0 spiro atoms. The van der Waals surface area contributed by atoms with Crippen LogP contribution in [0.4, 0.5) is 5.69 Å². The molecule has 4 fully saturated rings. The first-order valence-electron chi connectivity index (χ1n) is 9.77. The van der Waals surface area contributed by atoms with Gasteiger partial charge in [-0.25, -0.2) is 0 Å². The minimum Gasteiger partial charge on any atom is -0.322 e. The molecule has 1 amide bonds. The van der Waals surface area contributed by atoms with E-state index >= 15 is 0 Å². The lowest BCUT2D eigenvalue weighted by atomic mass is 9.48. The number of amides is 1. The highest BCUT2D eigenvalue weighted by Crippen LogP contribution is 2.60. The summed E-state index contributed by atoms with van der Waals surface area (Å²) in [5.74, 6) is 2.84. The van der Waals surface area contributed by atoms with Crippen molar-refractivity contribution in [1.82, 2.24) is 0 Å². The molecule has 134 valence electrons. The van der Waals surface area contributed by atoms with Gasteiger partial charge in [0, 0.05) is 14.8 Å². The highest BCUT2D eigenvalue weighted by Gasteiger charge is 2.51. The van der Waals surface area contributed by atoms with E-state index in [0.717, 1.165) is 27.0 Å². The SMILES string of the molecule is O=C(Nc1ccc(C23CC4CC(CC(C4)C2)C3)cc1)c1ccc(I)cc1. The normalized spacial score (nSPS) is 31.8. The van der Waals surface area contributed by atoms with Crippen LogP contribution in [-0.4, -0.2) is 5.91 Å². The van der Waals surface area contributed by atoms with Crippen molar-refractivity contribution in [1.29, 1.82) is 0 Å². The lowest BCUT2D eigenvalue weighted by molar-refractivity contribution is -0.00518. The number of halogens is 1. The Labute approximate surface area is 168 Å². The maximum atomic E-state index is 12.4. The molecule has 0 heterocycles. The number of nitrogens with one attached hydrogen (secondary N) is 1. The first kappa shape index (κ1) is 16.8. The minimum absolute atomic E-state index is 0.0380. The van der Waals surface area contributed by atoms with Gasteiger partial charge < -0.3 is 5.32 Å². The number of hydrogen-bond acceptors (Lipinski definition) is 1. The molecule has 0 unspecified atom stereocenters. The summed E-state index contributed by atoms with van der Waals surface area (Å²) in [5, 5.41) is 3.04. The summed E-state index contributed by atoms with van der Waals surface area (Å²) in [6.07, 6.45) is 8.57. The molecule has 0 saturated heterocycles. The first-order valence-corrected chi connectivity index (χ1v) is 10.8. The highest BCUT2D eigenvalue weighted by molar-refractivity contribution is 14.1. The van der Waals surface area contributed by atoms with Gasteiger partial charge >= 0.3 is 0 Å². The summed E-state index contributed by atoms with van der Waals surface area (Å²) in [7, 11) is 0. The van der Waals surface area contributed by atoms with Crippen molar-refractivity contribution in [3.05, 3.63) is 63.2 Å². The molecule has 4 saturated carbocycles. The lowest BCUT2D eigenvalue weighted by Gasteiger charge is -2.57. The molecule has 2 aromatic carbocycles. The number of carbonyl (C=O) groups is 1. The van der Waals surface area contributed by atoms with Gasteiger partial charge in [0.25, 0.3) is 5.91 Å². The largest absolute Gasteiger partial charge is 0.322 e. The number of benzene rings is 2. The van der Waals surface area contributed by atoms with E-state index in [-0.39, 0.29) is 5.91 Å². The van der Waals surface area contributed by atoms with E-state index in [1.807, 2.05) is 24.3 Å². The molecule has 0 radical (unpaired) electrons. The third-order valence-corrected chi connectivity index (χ3v) is 7.62. The van der Waals surface area contributed by atoms with Crippen LogP contribution in [0.1, 0.15) is 54.4 Å². The predicted molar refractivity (Wildman–Crippen MR) is 113 cm³/mol. The molecule has 0 atom stereocenters. The van der Waals surface area contributed by atoms with Crippen molar-refractivity contribution >= 4 is 34.2 Å². The Morgan fingerprint density at radius 2 is 1.38 bits per heavy atom. The molecule has 2 aromatic rings. The zero-order chi connectivity index (χ0) is 17.7. The Morgan fingerprint density at radius 1 is 0.846 bits per heavy atom. The van der Waals surface area contributed by atoms with E-state index in [1.54, 1.807) is 0 Å². The summed E-state index contributed by atoms with van der Waals surface area (Å²) >= 11 is 2.25. The average Bonchev–Trinajstić information content (AvgIpc) is 2.61. The van der Waals surface area contributed by atoms with Crippen molar-refractivity contribution < 1.29 is 4.79 Å². The zero-order valence-corrected chi connectivity index (χ0v) is 17.0. The lowest BCUT2D eigenvalue weighted by Crippen LogP contribution is -2.48. The standard InChI is InChI=1S/C23H24INO/c24-20-5-1-18(2-6-20)22(26)25-21-7-3-19(4-8-21)23-12-15-9-16(13-23)11-17(10-15)14-23/h1-8,15-17H,9-14H2,(H,25,26). The Hall–Kier alpha value is -1.36. The number of anilines is 1. The van der Waals surface area contributed by atoms with Crippen LogP contribution in [0, 0.1) is 21.3 Å². The Morgan fingerprint density at radius 3 is 1.92 bits per heavy atom. The maximum absolute atomic E-state index is 12.4. The summed E-state index contributed by atoms with van der Waals surface area (Å²) in [4.78, 5) is 12.4. The monoisotopic (exact) mass is 457 g/mol. The van der Waals surface area contributed by atoms with E-state index in [0.29, 0.717) is 11.0 Å². The van der Waals surface area contributed by atoms with Crippen molar-refractivity contribution in [3.63, 3.8) is 0 Å². The molecule has 4 aliphatic rings. The van der Waals surface area contributed by atoms with Gasteiger partial charge in [-0.2, -0.15) is 0 Å². The fourth-order valence-electron chi connectivity index (χ4n) is 6.18. The predicted octanol–water partition coefficient (Wildman–Crippen LogP) is 6.01. The van der Waals surface area contributed by atoms with Crippen molar-refractivity contribution in [3.8, 4) is 0 Å². The van der Waals surface area contributed by atoms with Gasteiger partial charge in [0.15, 0.2) is 0 Å². The molecular formula is C23H24INO. The minimum atomic E-state index is -0.0380. The van der Waals surface area contributed by atoms with Crippen LogP contribution in [0.25, 0.3) is 0 Å². The van der Waals surface area contributed by atoms with E-state index in [1.165, 1.54) is 44.1 Å². The van der Waals surface area contributed by atoms with Crippen LogP contribution < -0.4 is 5.32 Å². The molecule has 26 heavy (non-hydrogen) atoms. The summed E-state index contributed by atoms with van der Waals surface area (Å²) in [6.45, 7) is 0. The summed E-state index contributed by atoms with van der Waals surface area (Å²) < 4.78 is 1.14. The second kappa shape index (κ2) is 6.36. The molecule has 0 aromatic heterocycles. The van der Waals surface area contributed by atoms with Gasteiger partial charge in [0.1, 0.15) is 0 Å². The maximum Gasteiger partial charge on any atom is 0.255 e. The highest BCUT2D eigenvalue weighted by atomic mass is 127. The van der Waals surface area contributed by atoms with Gasteiger partial charge in [-0.05, 0) is 126 Å². The third-order valence-electron chi connectivity index (χ3n) is 6.90. The zero-order valence-electron chi connectivity index (χ0n) is 14.9. The van der Waals surface area contributed by atoms with Gasteiger partial charge in [-0.1, -0.05) is 12.1 Å². The number of rotatable bonds is 3. The van der Waals surface area contributed by atoms with Crippen molar-refractivity contribution in [2.45, 2.75) is 43.9 Å². The fourth-order valence-corrected chi connectivity index (χ4v) is 6.54. The molecule has 6 rings (SSSR count). The number of carbonyl (C=O) groups excluding carboxylic acids is 1. The van der Waals surface area contributed by atoms with Crippen LogP contribution in [0.2, 0.25) is 0 Å². The summed E-state index contributed by atoms with van der Waals surface area (Å²) in [5.41, 5.74) is 3.52. The van der Waals surface area contributed by atoms with Gasteiger partial charge in [0.2, 0.25) is 0 Å². The topological polar surface area (TPSA) is 29.1 Å². The molecule has 2 nitrogen and oxygen atoms in total. The van der Waals surface area contributed by atoms with Crippen LogP contribution in [0.15, 0.2) is 48.5 Å². The Kier molecular flexibility index (Phi) is 4.11. The van der Waals surface area contributed by atoms with E-state index < -0.39 is 0 Å². The first-order chi connectivity index (χ1) is 12.6. The van der Waals surface area contributed by atoms with Crippen LogP contribution >= 0.6 is 22.6 Å². The van der Waals surface area contributed by atoms with E-state index in [9.17, 15) is 4.79 Å². The van der Waals surface area contributed by atoms with Gasteiger partial charge in [-0.3, -0.25) is 4.79 Å². The molecule has 1 N–H and O–H groups in total.